The molecule has 0 unspecified atom stereocenters. The van der Waals surface area contributed by atoms with Crippen LogP contribution in [0.3, 0.4) is 0 Å². The number of aliphatic hydroxyl groups excluding tert-OH is 1. The third-order valence-corrected chi connectivity index (χ3v) is 5.18. The standard InChI is InChI=1S/C16H20ClNO3/c17-15-3-1-2-13(16(20)21)14(15)9-18-7-10-4-5-12(19)6-11(10)8-18/h1-3,10-12,19H,4-9H2,(H,20,21)/t10-,11+,12-/m1/s1. The van der Waals surface area contributed by atoms with E-state index in [1.807, 2.05) is 0 Å². The molecule has 3 atom stereocenters. The summed E-state index contributed by atoms with van der Waals surface area (Å²) in [7, 11) is 0. The smallest absolute Gasteiger partial charge is 0.336 e. The number of aromatic carboxylic acids is 1. The molecule has 2 N–H and O–H groups in total. The van der Waals surface area contributed by atoms with Crippen molar-refractivity contribution in [2.45, 2.75) is 31.9 Å². The van der Waals surface area contributed by atoms with Crippen molar-refractivity contribution in [3.05, 3.63) is 34.3 Å². The van der Waals surface area contributed by atoms with E-state index in [1.165, 1.54) is 0 Å². The average Bonchev–Trinajstić information content (AvgIpc) is 2.82. The molecule has 1 saturated heterocycles. The summed E-state index contributed by atoms with van der Waals surface area (Å²) in [5.41, 5.74) is 0.989. The predicted molar refractivity (Wildman–Crippen MR) is 80.5 cm³/mol. The molecular formula is C16H20ClNO3. The fourth-order valence-corrected chi connectivity index (χ4v) is 4.01. The van der Waals surface area contributed by atoms with E-state index in [-0.39, 0.29) is 11.7 Å². The fourth-order valence-electron chi connectivity index (χ4n) is 3.78. The number of halogens is 1. The molecule has 0 radical (unpaired) electrons. The van der Waals surface area contributed by atoms with E-state index in [0.29, 0.717) is 29.0 Å². The molecule has 1 aromatic rings. The largest absolute Gasteiger partial charge is 0.478 e. The second-order valence-corrected chi connectivity index (χ2v) is 6.66. The summed E-state index contributed by atoms with van der Waals surface area (Å²) >= 11 is 6.20. The summed E-state index contributed by atoms with van der Waals surface area (Å²) in [6, 6.07) is 5.03. The number of benzene rings is 1. The van der Waals surface area contributed by atoms with Crippen LogP contribution in [0.15, 0.2) is 18.2 Å². The summed E-state index contributed by atoms with van der Waals surface area (Å²) in [5, 5.41) is 19.6. The summed E-state index contributed by atoms with van der Waals surface area (Å²) in [6.07, 6.45) is 2.66. The molecule has 1 aromatic carbocycles. The van der Waals surface area contributed by atoms with Crippen LogP contribution >= 0.6 is 11.6 Å². The molecule has 1 saturated carbocycles. The van der Waals surface area contributed by atoms with Gasteiger partial charge in [-0.25, -0.2) is 4.79 Å². The van der Waals surface area contributed by atoms with Gasteiger partial charge in [-0.3, -0.25) is 4.90 Å². The summed E-state index contributed by atoms with van der Waals surface area (Å²) in [6.45, 7) is 2.47. The Morgan fingerprint density at radius 1 is 1.29 bits per heavy atom. The molecule has 0 aromatic heterocycles. The lowest BCUT2D eigenvalue weighted by Crippen LogP contribution is -2.26. The van der Waals surface area contributed by atoms with Crippen LogP contribution in [-0.4, -0.2) is 40.3 Å². The van der Waals surface area contributed by atoms with Gasteiger partial charge in [-0.15, -0.1) is 0 Å². The van der Waals surface area contributed by atoms with Gasteiger partial charge in [-0.05, 0) is 48.8 Å². The average molecular weight is 310 g/mol. The zero-order valence-electron chi connectivity index (χ0n) is 11.8. The molecule has 3 rings (SSSR count). The molecule has 21 heavy (non-hydrogen) atoms. The van der Waals surface area contributed by atoms with Crippen LogP contribution in [0.4, 0.5) is 0 Å². The Morgan fingerprint density at radius 2 is 2.05 bits per heavy atom. The molecule has 5 heteroatoms. The van der Waals surface area contributed by atoms with Crippen LogP contribution in [-0.2, 0) is 6.54 Å². The lowest BCUT2D eigenvalue weighted by Gasteiger charge is -2.27. The molecule has 0 spiro atoms. The van der Waals surface area contributed by atoms with Crippen LogP contribution in [0.25, 0.3) is 0 Å². The minimum Gasteiger partial charge on any atom is -0.478 e. The number of nitrogens with zero attached hydrogens (tertiary/aromatic N) is 1. The van der Waals surface area contributed by atoms with Gasteiger partial charge in [0, 0.05) is 24.7 Å². The molecule has 114 valence electrons. The fraction of sp³-hybridized carbons (Fsp3) is 0.562. The van der Waals surface area contributed by atoms with Gasteiger partial charge in [0.05, 0.1) is 11.7 Å². The summed E-state index contributed by atoms with van der Waals surface area (Å²) < 4.78 is 0. The Labute approximate surface area is 129 Å². The quantitative estimate of drug-likeness (QED) is 0.901. The first-order valence-electron chi connectivity index (χ1n) is 7.45. The van der Waals surface area contributed by atoms with Crippen LogP contribution in [0, 0.1) is 11.8 Å². The molecule has 1 heterocycles. The van der Waals surface area contributed by atoms with Crippen molar-refractivity contribution in [2.24, 2.45) is 11.8 Å². The highest BCUT2D eigenvalue weighted by molar-refractivity contribution is 6.31. The molecule has 4 nitrogen and oxygen atoms in total. The number of hydrogen-bond donors (Lipinski definition) is 2. The molecule has 1 aliphatic heterocycles. The second kappa shape index (κ2) is 5.95. The molecule has 0 amide bonds. The maximum Gasteiger partial charge on any atom is 0.336 e. The van der Waals surface area contributed by atoms with Crippen molar-refractivity contribution < 1.29 is 15.0 Å². The number of carbonyl (C=O) groups is 1. The minimum atomic E-state index is -0.931. The van der Waals surface area contributed by atoms with Gasteiger partial charge in [-0.2, -0.15) is 0 Å². The number of fused-ring (bicyclic) bond motifs is 1. The van der Waals surface area contributed by atoms with Gasteiger partial charge in [-0.1, -0.05) is 17.7 Å². The highest BCUT2D eigenvalue weighted by Crippen LogP contribution is 2.37. The zero-order chi connectivity index (χ0) is 15.0. The van der Waals surface area contributed by atoms with Crippen molar-refractivity contribution in [3.63, 3.8) is 0 Å². The monoisotopic (exact) mass is 309 g/mol. The first-order chi connectivity index (χ1) is 10.0. The number of carboxylic acids is 1. The second-order valence-electron chi connectivity index (χ2n) is 6.25. The SMILES string of the molecule is O=C(O)c1cccc(Cl)c1CN1C[C@H]2CC[C@@H](O)C[C@H]2C1. The molecule has 2 aliphatic rings. The van der Waals surface area contributed by atoms with Crippen LogP contribution in [0.5, 0.6) is 0 Å². The van der Waals surface area contributed by atoms with E-state index < -0.39 is 5.97 Å². The lowest BCUT2D eigenvalue weighted by atomic mass is 9.80. The minimum absolute atomic E-state index is 0.166. The van der Waals surface area contributed by atoms with Crippen molar-refractivity contribution in [2.75, 3.05) is 13.1 Å². The van der Waals surface area contributed by atoms with E-state index in [2.05, 4.69) is 4.90 Å². The summed E-state index contributed by atoms with van der Waals surface area (Å²) in [5.74, 6) is 0.230. The first kappa shape index (κ1) is 14.8. The Kier molecular flexibility index (Phi) is 4.20. The highest BCUT2D eigenvalue weighted by Gasteiger charge is 2.37. The van der Waals surface area contributed by atoms with E-state index in [0.717, 1.165) is 32.4 Å². The number of aliphatic hydroxyl groups is 1. The third kappa shape index (κ3) is 3.07. The van der Waals surface area contributed by atoms with Gasteiger partial charge in [0.15, 0.2) is 0 Å². The normalized spacial score (nSPS) is 29.3. The van der Waals surface area contributed by atoms with Crippen molar-refractivity contribution >= 4 is 17.6 Å². The first-order valence-corrected chi connectivity index (χ1v) is 7.83. The van der Waals surface area contributed by atoms with E-state index in [4.69, 9.17) is 11.6 Å². The third-order valence-electron chi connectivity index (χ3n) is 4.83. The maximum atomic E-state index is 11.3. The van der Waals surface area contributed by atoms with Crippen molar-refractivity contribution in [1.82, 2.24) is 4.90 Å². The van der Waals surface area contributed by atoms with E-state index in [9.17, 15) is 15.0 Å². The Balaban J connectivity index is 1.75. The van der Waals surface area contributed by atoms with E-state index in [1.54, 1.807) is 18.2 Å². The van der Waals surface area contributed by atoms with Crippen LogP contribution in [0.2, 0.25) is 5.02 Å². The van der Waals surface area contributed by atoms with Gasteiger partial charge in [0.1, 0.15) is 0 Å². The Hall–Kier alpha value is -1.10. The van der Waals surface area contributed by atoms with E-state index >= 15 is 0 Å². The van der Waals surface area contributed by atoms with Gasteiger partial charge >= 0.3 is 5.97 Å². The Morgan fingerprint density at radius 3 is 2.81 bits per heavy atom. The zero-order valence-corrected chi connectivity index (χ0v) is 12.6. The number of rotatable bonds is 3. The molecular weight excluding hydrogens is 290 g/mol. The van der Waals surface area contributed by atoms with Gasteiger partial charge in [0.2, 0.25) is 0 Å². The number of likely N-dealkylation sites (tertiary alicyclic amines) is 1. The maximum absolute atomic E-state index is 11.3. The predicted octanol–water partition coefficient (Wildman–Crippen LogP) is 2.63. The number of carboxylic acid groups (broad SMARTS) is 1. The van der Waals surface area contributed by atoms with Crippen LogP contribution in [0.1, 0.15) is 35.2 Å². The lowest BCUT2D eigenvalue weighted by molar-refractivity contribution is 0.0694. The number of hydrogen-bond acceptors (Lipinski definition) is 3. The molecule has 0 bridgehead atoms. The van der Waals surface area contributed by atoms with Crippen molar-refractivity contribution in [1.29, 1.82) is 0 Å². The van der Waals surface area contributed by atoms with Crippen molar-refractivity contribution in [3.8, 4) is 0 Å². The van der Waals surface area contributed by atoms with Gasteiger partial charge in [0.25, 0.3) is 0 Å². The Bertz CT molecular complexity index is 548. The summed E-state index contributed by atoms with van der Waals surface area (Å²) in [4.78, 5) is 13.6. The highest BCUT2D eigenvalue weighted by atomic mass is 35.5. The molecule has 2 fully saturated rings. The molecule has 1 aliphatic carbocycles. The van der Waals surface area contributed by atoms with Gasteiger partial charge < -0.3 is 10.2 Å². The topological polar surface area (TPSA) is 60.8 Å². The van der Waals surface area contributed by atoms with Crippen LogP contribution < -0.4 is 0 Å².